The fraction of sp³-hybridized carbons (Fsp3) is 0.211. The van der Waals surface area contributed by atoms with E-state index in [-0.39, 0.29) is 0 Å². The monoisotopic (exact) mass is 297 g/mol. The first-order chi connectivity index (χ1) is 10.4. The van der Waals surface area contributed by atoms with Gasteiger partial charge in [-0.1, -0.05) is 66.7 Å². The standard InChI is InChI=1S/C10H16N.C9H8O2/c1-11(2,3)9-10-7-5-4-6-8-10;10-9(11)7-6-8-4-2-1-3-5-8/h4-8H,9H2,1-3H3;1-7H,(H,10,11)/q+1;/p-1. The molecule has 0 aliphatic rings. The molecule has 0 saturated carbocycles. The third-order valence-corrected chi connectivity index (χ3v) is 2.71. The van der Waals surface area contributed by atoms with Crippen LogP contribution in [0.15, 0.2) is 66.7 Å². The van der Waals surface area contributed by atoms with E-state index >= 15 is 0 Å². The van der Waals surface area contributed by atoms with Gasteiger partial charge < -0.3 is 14.4 Å². The Morgan fingerprint density at radius 1 is 0.955 bits per heavy atom. The first kappa shape index (κ1) is 17.7. The summed E-state index contributed by atoms with van der Waals surface area (Å²) in [4.78, 5) is 9.97. The van der Waals surface area contributed by atoms with Crippen LogP contribution in [-0.4, -0.2) is 31.6 Å². The zero-order valence-electron chi connectivity index (χ0n) is 13.4. The molecule has 0 aromatic heterocycles. The van der Waals surface area contributed by atoms with Crippen molar-refractivity contribution in [1.82, 2.24) is 0 Å². The molecule has 2 aromatic rings. The van der Waals surface area contributed by atoms with E-state index in [2.05, 4.69) is 51.5 Å². The summed E-state index contributed by atoms with van der Waals surface area (Å²) in [5, 5.41) is 9.97. The molecule has 3 heteroatoms. The highest BCUT2D eigenvalue weighted by molar-refractivity contribution is 5.83. The van der Waals surface area contributed by atoms with E-state index in [1.807, 2.05) is 30.3 Å². The van der Waals surface area contributed by atoms with Crippen LogP contribution in [0.3, 0.4) is 0 Å². The van der Waals surface area contributed by atoms with E-state index in [0.717, 1.165) is 22.7 Å². The molecule has 0 radical (unpaired) electrons. The Bertz CT molecular complexity index is 584. The minimum Gasteiger partial charge on any atom is -0.545 e. The molecule has 0 aliphatic heterocycles. The molecule has 22 heavy (non-hydrogen) atoms. The summed E-state index contributed by atoms with van der Waals surface area (Å²) in [6.45, 7) is 1.10. The summed E-state index contributed by atoms with van der Waals surface area (Å²) in [5.41, 5.74) is 2.26. The van der Waals surface area contributed by atoms with Crippen molar-refractivity contribution >= 4 is 12.0 Å². The Balaban J connectivity index is 0.000000220. The van der Waals surface area contributed by atoms with Gasteiger partial charge >= 0.3 is 0 Å². The second-order valence-corrected chi connectivity index (χ2v) is 6.00. The van der Waals surface area contributed by atoms with Crippen molar-refractivity contribution in [2.24, 2.45) is 0 Å². The maximum absolute atomic E-state index is 9.97. The van der Waals surface area contributed by atoms with Crippen LogP contribution in [0.25, 0.3) is 6.08 Å². The number of carbonyl (C=O) groups is 1. The maximum Gasteiger partial charge on any atom is 0.104 e. The molecule has 0 bridgehead atoms. The van der Waals surface area contributed by atoms with Gasteiger partial charge in [-0.15, -0.1) is 0 Å². The average Bonchev–Trinajstić information content (AvgIpc) is 2.46. The number of quaternary nitrogens is 1. The van der Waals surface area contributed by atoms with Crippen LogP contribution in [0.5, 0.6) is 0 Å². The van der Waals surface area contributed by atoms with Gasteiger partial charge in [0.25, 0.3) is 0 Å². The average molecular weight is 297 g/mol. The molecule has 2 aromatic carbocycles. The van der Waals surface area contributed by atoms with Crippen molar-refractivity contribution in [2.75, 3.05) is 21.1 Å². The van der Waals surface area contributed by atoms with Gasteiger partial charge in [-0.3, -0.25) is 0 Å². The number of nitrogens with zero attached hydrogens (tertiary/aromatic N) is 1. The van der Waals surface area contributed by atoms with Gasteiger partial charge in [0, 0.05) is 5.56 Å². The number of hydrogen-bond acceptors (Lipinski definition) is 2. The van der Waals surface area contributed by atoms with Crippen molar-refractivity contribution < 1.29 is 14.4 Å². The first-order valence-electron chi connectivity index (χ1n) is 7.15. The Morgan fingerprint density at radius 3 is 1.91 bits per heavy atom. The van der Waals surface area contributed by atoms with Crippen molar-refractivity contribution in [2.45, 2.75) is 6.54 Å². The van der Waals surface area contributed by atoms with Crippen molar-refractivity contribution in [3.05, 3.63) is 77.9 Å². The number of carboxylic acid groups (broad SMARTS) is 1. The predicted molar refractivity (Wildman–Crippen MR) is 88.7 cm³/mol. The number of benzene rings is 2. The SMILES string of the molecule is C[N+](C)(C)Cc1ccccc1.O=C([O-])C=Cc1ccccc1. The molecule has 0 atom stereocenters. The van der Waals surface area contributed by atoms with Crippen LogP contribution in [0, 0.1) is 0 Å². The molecule has 3 nitrogen and oxygen atoms in total. The molecule has 0 unspecified atom stereocenters. The Morgan fingerprint density at radius 2 is 1.45 bits per heavy atom. The predicted octanol–water partition coefficient (Wildman–Crippen LogP) is 2.34. The van der Waals surface area contributed by atoms with E-state index in [1.165, 1.54) is 11.6 Å². The second kappa shape index (κ2) is 8.80. The molecule has 0 spiro atoms. The molecule has 0 heterocycles. The van der Waals surface area contributed by atoms with Gasteiger partial charge in [0.15, 0.2) is 0 Å². The van der Waals surface area contributed by atoms with Crippen molar-refractivity contribution in [3.63, 3.8) is 0 Å². The highest BCUT2D eigenvalue weighted by Crippen LogP contribution is 2.05. The minimum absolute atomic E-state index is 0.858. The fourth-order valence-electron chi connectivity index (χ4n) is 1.86. The Hall–Kier alpha value is -2.39. The Kier molecular flexibility index (Phi) is 7.06. The molecular formula is C19H23NO2. The fourth-order valence-corrected chi connectivity index (χ4v) is 1.86. The van der Waals surface area contributed by atoms with Crippen LogP contribution < -0.4 is 5.11 Å². The number of rotatable bonds is 4. The summed E-state index contributed by atoms with van der Waals surface area (Å²) in [6, 6.07) is 19.8. The third kappa shape index (κ3) is 8.72. The summed E-state index contributed by atoms with van der Waals surface area (Å²) in [7, 11) is 6.60. The van der Waals surface area contributed by atoms with E-state index in [1.54, 1.807) is 0 Å². The first-order valence-corrected chi connectivity index (χ1v) is 7.15. The number of hydrogen-bond donors (Lipinski definition) is 0. The molecule has 0 amide bonds. The molecule has 0 aliphatic carbocycles. The maximum atomic E-state index is 9.97. The van der Waals surface area contributed by atoms with E-state index in [9.17, 15) is 9.90 Å². The molecule has 0 fully saturated rings. The Labute approximate surface area is 132 Å². The van der Waals surface area contributed by atoms with Gasteiger partial charge in [0.1, 0.15) is 6.54 Å². The van der Waals surface area contributed by atoms with Crippen LogP contribution in [0.4, 0.5) is 0 Å². The lowest BCUT2D eigenvalue weighted by Crippen LogP contribution is -2.33. The molecule has 2 rings (SSSR count). The van der Waals surface area contributed by atoms with Gasteiger partial charge in [0.2, 0.25) is 0 Å². The summed E-state index contributed by atoms with van der Waals surface area (Å²) < 4.78 is 0.990. The zero-order valence-corrected chi connectivity index (χ0v) is 13.4. The number of carbonyl (C=O) groups excluding carboxylic acids is 1. The van der Waals surface area contributed by atoms with E-state index in [4.69, 9.17) is 0 Å². The van der Waals surface area contributed by atoms with E-state index in [0.29, 0.717) is 0 Å². The molecule has 116 valence electrons. The van der Waals surface area contributed by atoms with Gasteiger partial charge in [-0.2, -0.15) is 0 Å². The van der Waals surface area contributed by atoms with Gasteiger partial charge in [-0.05, 0) is 11.6 Å². The summed E-state index contributed by atoms with van der Waals surface area (Å²) in [5.74, 6) is -1.17. The lowest BCUT2D eigenvalue weighted by molar-refractivity contribution is -0.884. The third-order valence-electron chi connectivity index (χ3n) is 2.71. The van der Waals surface area contributed by atoms with Crippen molar-refractivity contribution in [3.8, 4) is 0 Å². The lowest BCUT2D eigenvalue weighted by atomic mass is 10.2. The highest BCUT2D eigenvalue weighted by Gasteiger charge is 2.06. The molecular weight excluding hydrogens is 274 g/mol. The van der Waals surface area contributed by atoms with Crippen LogP contribution >= 0.6 is 0 Å². The highest BCUT2D eigenvalue weighted by atomic mass is 16.4. The van der Waals surface area contributed by atoms with Gasteiger partial charge in [-0.25, -0.2) is 0 Å². The largest absolute Gasteiger partial charge is 0.545 e. The van der Waals surface area contributed by atoms with Gasteiger partial charge in [0.05, 0.1) is 27.1 Å². The number of carboxylic acids is 1. The zero-order chi connectivity index (χ0) is 16.4. The quantitative estimate of drug-likeness (QED) is 0.642. The minimum atomic E-state index is -1.17. The topological polar surface area (TPSA) is 40.1 Å². The summed E-state index contributed by atoms with van der Waals surface area (Å²) >= 11 is 0. The van der Waals surface area contributed by atoms with Crippen molar-refractivity contribution in [1.29, 1.82) is 0 Å². The molecule has 0 N–H and O–H groups in total. The molecule has 0 saturated heterocycles. The van der Waals surface area contributed by atoms with Crippen LogP contribution in [-0.2, 0) is 11.3 Å². The lowest BCUT2D eigenvalue weighted by Gasteiger charge is -2.23. The van der Waals surface area contributed by atoms with Crippen LogP contribution in [0.2, 0.25) is 0 Å². The number of aliphatic carboxylic acids is 1. The summed E-state index contributed by atoms with van der Waals surface area (Å²) in [6.07, 6.45) is 2.50. The second-order valence-electron chi connectivity index (χ2n) is 6.00. The van der Waals surface area contributed by atoms with E-state index < -0.39 is 5.97 Å². The normalized spacial score (nSPS) is 10.9. The van der Waals surface area contributed by atoms with Crippen LogP contribution in [0.1, 0.15) is 11.1 Å². The smallest absolute Gasteiger partial charge is 0.104 e.